The molecule has 1 aromatic carbocycles. The molecule has 7 heteroatoms. The highest BCUT2D eigenvalue weighted by Crippen LogP contribution is 2.21. The average molecular weight is 301 g/mol. The molecule has 0 aromatic heterocycles. The van der Waals surface area contributed by atoms with Gasteiger partial charge in [0.15, 0.2) is 11.6 Å². The van der Waals surface area contributed by atoms with E-state index in [1.807, 2.05) is 6.92 Å². The second-order valence-corrected chi connectivity index (χ2v) is 4.81. The van der Waals surface area contributed by atoms with Gasteiger partial charge in [0.2, 0.25) is 5.91 Å². The van der Waals surface area contributed by atoms with Gasteiger partial charge in [-0.3, -0.25) is 4.79 Å². The van der Waals surface area contributed by atoms with E-state index in [1.54, 1.807) is 14.0 Å². The molecule has 0 bridgehead atoms. The maximum absolute atomic E-state index is 13.9. The maximum atomic E-state index is 13.9. The molecule has 1 atom stereocenters. The first-order chi connectivity index (χ1) is 9.29. The third kappa shape index (κ3) is 3.41. The Kier molecular flexibility index (Phi) is 5.38. The SMILES string of the molecule is CCN(C)C(=O)C(C)Nc1ccc(C(N)=S)c(F)c1F. The molecule has 20 heavy (non-hydrogen) atoms. The van der Waals surface area contributed by atoms with Gasteiger partial charge in [-0.25, -0.2) is 8.78 Å². The smallest absolute Gasteiger partial charge is 0.244 e. The lowest BCUT2D eigenvalue weighted by Crippen LogP contribution is -2.39. The number of likely N-dealkylation sites (N-methyl/N-ethyl adjacent to an activating group) is 1. The number of anilines is 1. The molecule has 0 spiro atoms. The van der Waals surface area contributed by atoms with Gasteiger partial charge in [0.05, 0.1) is 5.69 Å². The minimum atomic E-state index is -1.12. The molecule has 0 aliphatic carbocycles. The molecule has 1 amide bonds. The van der Waals surface area contributed by atoms with Crippen LogP contribution in [0.3, 0.4) is 0 Å². The maximum Gasteiger partial charge on any atom is 0.244 e. The van der Waals surface area contributed by atoms with Crippen LogP contribution in [0, 0.1) is 11.6 Å². The van der Waals surface area contributed by atoms with Crippen molar-refractivity contribution < 1.29 is 13.6 Å². The Labute approximate surface area is 121 Å². The largest absolute Gasteiger partial charge is 0.389 e. The van der Waals surface area contributed by atoms with Gasteiger partial charge in [0.25, 0.3) is 0 Å². The van der Waals surface area contributed by atoms with Crippen molar-refractivity contribution in [1.29, 1.82) is 0 Å². The van der Waals surface area contributed by atoms with E-state index in [1.165, 1.54) is 17.0 Å². The van der Waals surface area contributed by atoms with Gasteiger partial charge in [-0.05, 0) is 26.0 Å². The molecule has 0 saturated heterocycles. The molecule has 1 rings (SSSR count). The van der Waals surface area contributed by atoms with E-state index in [9.17, 15) is 13.6 Å². The first-order valence-corrected chi connectivity index (χ1v) is 6.49. The number of nitrogens with zero attached hydrogens (tertiary/aromatic N) is 1. The summed E-state index contributed by atoms with van der Waals surface area (Å²) in [4.78, 5) is 13.1. The van der Waals surface area contributed by atoms with Crippen molar-refractivity contribution >= 4 is 28.8 Å². The number of nitrogens with one attached hydrogen (secondary N) is 1. The summed E-state index contributed by atoms with van der Waals surface area (Å²) < 4.78 is 27.6. The summed E-state index contributed by atoms with van der Waals surface area (Å²) >= 11 is 4.62. The van der Waals surface area contributed by atoms with Crippen LogP contribution in [-0.4, -0.2) is 35.4 Å². The molecule has 1 aromatic rings. The van der Waals surface area contributed by atoms with Crippen molar-refractivity contribution in [2.45, 2.75) is 19.9 Å². The second kappa shape index (κ2) is 6.60. The van der Waals surface area contributed by atoms with Gasteiger partial charge in [-0.2, -0.15) is 0 Å². The summed E-state index contributed by atoms with van der Waals surface area (Å²) in [7, 11) is 1.63. The van der Waals surface area contributed by atoms with E-state index in [4.69, 9.17) is 5.73 Å². The molecule has 0 heterocycles. The molecule has 0 aliphatic rings. The number of amides is 1. The number of halogens is 2. The van der Waals surface area contributed by atoms with Gasteiger partial charge < -0.3 is 16.0 Å². The first kappa shape index (κ1) is 16.3. The third-order valence-corrected chi connectivity index (χ3v) is 3.16. The summed E-state index contributed by atoms with van der Waals surface area (Å²) in [6, 6.07) is 1.91. The highest BCUT2D eigenvalue weighted by molar-refractivity contribution is 7.80. The van der Waals surface area contributed by atoms with Crippen molar-refractivity contribution in [2.24, 2.45) is 5.73 Å². The number of hydrogen-bond donors (Lipinski definition) is 2. The molecule has 0 aliphatic heterocycles. The van der Waals surface area contributed by atoms with Crippen LogP contribution in [0.5, 0.6) is 0 Å². The monoisotopic (exact) mass is 301 g/mol. The van der Waals surface area contributed by atoms with Crippen LogP contribution in [-0.2, 0) is 4.79 Å². The summed E-state index contributed by atoms with van der Waals surface area (Å²) in [5, 5.41) is 2.64. The lowest BCUT2D eigenvalue weighted by Gasteiger charge is -2.21. The fourth-order valence-corrected chi connectivity index (χ4v) is 1.79. The van der Waals surface area contributed by atoms with Crippen LogP contribution < -0.4 is 11.1 Å². The van der Waals surface area contributed by atoms with E-state index < -0.39 is 17.7 Å². The number of hydrogen-bond acceptors (Lipinski definition) is 3. The lowest BCUT2D eigenvalue weighted by atomic mass is 10.1. The van der Waals surface area contributed by atoms with Crippen molar-refractivity contribution in [3.8, 4) is 0 Å². The van der Waals surface area contributed by atoms with Crippen LogP contribution in [0.25, 0.3) is 0 Å². The Morgan fingerprint density at radius 2 is 2.05 bits per heavy atom. The first-order valence-electron chi connectivity index (χ1n) is 6.08. The minimum absolute atomic E-state index is 0.104. The Balaban J connectivity index is 2.97. The molecule has 0 radical (unpaired) electrons. The second-order valence-electron chi connectivity index (χ2n) is 4.37. The van der Waals surface area contributed by atoms with Crippen LogP contribution in [0.2, 0.25) is 0 Å². The fraction of sp³-hybridized carbons (Fsp3) is 0.385. The zero-order valence-corrected chi connectivity index (χ0v) is 12.4. The molecule has 0 fully saturated rings. The molecule has 4 nitrogen and oxygen atoms in total. The topological polar surface area (TPSA) is 58.4 Å². The molecule has 110 valence electrons. The van der Waals surface area contributed by atoms with Gasteiger partial charge in [0, 0.05) is 19.2 Å². The normalized spacial score (nSPS) is 11.8. The molecule has 0 saturated carbocycles. The molecule has 3 N–H and O–H groups in total. The quantitative estimate of drug-likeness (QED) is 0.815. The highest BCUT2D eigenvalue weighted by Gasteiger charge is 2.20. The number of rotatable bonds is 5. The summed E-state index contributed by atoms with van der Waals surface area (Å²) in [5.74, 6) is -2.44. The number of thiocarbonyl (C=S) groups is 1. The fourth-order valence-electron chi connectivity index (χ4n) is 1.63. The van der Waals surface area contributed by atoms with Gasteiger partial charge in [-0.15, -0.1) is 0 Å². The van der Waals surface area contributed by atoms with Gasteiger partial charge in [0.1, 0.15) is 11.0 Å². The van der Waals surface area contributed by atoms with Crippen molar-refractivity contribution in [1.82, 2.24) is 4.90 Å². The Morgan fingerprint density at radius 1 is 1.45 bits per heavy atom. The molecule has 1 unspecified atom stereocenters. The Bertz CT molecular complexity index is 537. The number of benzene rings is 1. The van der Waals surface area contributed by atoms with Crippen molar-refractivity contribution in [3.63, 3.8) is 0 Å². The zero-order chi connectivity index (χ0) is 15.4. The summed E-state index contributed by atoms with van der Waals surface area (Å²) in [6.07, 6.45) is 0. The Morgan fingerprint density at radius 3 is 2.55 bits per heavy atom. The average Bonchev–Trinajstić information content (AvgIpc) is 2.41. The standard InChI is InChI=1S/C13H17F2N3OS/c1-4-18(3)13(19)7(2)17-9-6-5-8(12(16)20)10(14)11(9)15/h5-7,17H,4H2,1-3H3,(H2,16,20). The minimum Gasteiger partial charge on any atom is -0.389 e. The third-order valence-electron chi connectivity index (χ3n) is 2.94. The van der Waals surface area contributed by atoms with Crippen molar-refractivity contribution in [3.05, 3.63) is 29.3 Å². The predicted octanol–water partition coefficient (Wildman–Crippen LogP) is 1.88. The molecular weight excluding hydrogens is 284 g/mol. The number of nitrogens with two attached hydrogens (primary N) is 1. The van der Waals surface area contributed by atoms with E-state index in [0.29, 0.717) is 6.54 Å². The summed E-state index contributed by atoms with van der Waals surface area (Å²) in [5.41, 5.74) is 5.02. The van der Waals surface area contributed by atoms with Gasteiger partial charge >= 0.3 is 0 Å². The van der Waals surface area contributed by atoms with E-state index >= 15 is 0 Å². The van der Waals surface area contributed by atoms with E-state index in [-0.39, 0.29) is 22.1 Å². The van der Waals surface area contributed by atoms with Crippen LogP contribution in [0.4, 0.5) is 14.5 Å². The summed E-state index contributed by atoms with van der Waals surface area (Å²) in [6.45, 7) is 3.93. The highest BCUT2D eigenvalue weighted by atomic mass is 32.1. The predicted molar refractivity (Wildman–Crippen MR) is 78.6 cm³/mol. The number of carbonyl (C=O) groups is 1. The van der Waals surface area contributed by atoms with Crippen LogP contribution >= 0.6 is 12.2 Å². The van der Waals surface area contributed by atoms with E-state index in [0.717, 1.165) is 0 Å². The number of carbonyl (C=O) groups excluding carboxylic acids is 1. The molecular formula is C13H17F2N3OS. The van der Waals surface area contributed by atoms with Crippen LogP contribution in [0.1, 0.15) is 19.4 Å². The zero-order valence-electron chi connectivity index (χ0n) is 11.5. The van der Waals surface area contributed by atoms with Crippen LogP contribution in [0.15, 0.2) is 12.1 Å². The van der Waals surface area contributed by atoms with E-state index in [2.05, 4.69) is 17.5 Å². The lowest BCUT2D eigenvalue weighted by molar-refractivity contribution is -0.130. The van der Waals surface area contributed by atoms with Gasteiger partial charge in [-0.1, -0.05) is 12.2 Å². The van der Waals surface area contributed by atoms with Crippen molar-refractivity contribution in [2.75, 3.05) is 18.9 Å². The Hall–Kier alpha value is -1.76.